The number of carboxylic acids is 1. The van der Waals surface area contributed by atoms with E-state index in [2.05, 4.69) is 10.3 Å². The van der Waals surface area contributed by atoms with Crippen LogP contribution in [0.3, 0.4) is 0 Å². The number of aromatic carboxylic acids is 1. The zero-order chi connectivity index (χ0) is 13.0. The van der Waals surface area contributed by atoms with Crippen LogP contribution >= 0.6 is 0 Å². The maximum absolute atomic E-state index is 11.6. The van der Waals surface area contributed by atoms with Gasteiger partial charge in [-0.05, 0) is 12.0 Å². The van der Waals surface area contributed by atoms with Crippen molar-refractivity contribution in [2.45, 2.75) is 19.9 Å². The van der Waals surface area contributed by atoms with Gasteiger partial charge in [0.1, 0.15) is 0 Å². The lowest BCUT2D eigenvalue weighted by molar-refractivity contribution is -0.118. The third-order valence-electron chi connectivity index (χ3n) is 2.27. The lowest BCUT2D eigenvalue weighted by Gasteiger charge is -2.15. The molecule has 0 bridgehead atoms. The van der Waals surface area contributed by atoms with Gasteiger partial charge in [0.2, 0.25) is 5.91 Å². The van der Waals surface area contributed by atoms with Crippen LogP contribution in [0.1, 0.15) is 24.2 Å². The van der Waals surface area contributed by atoms with Crippen molar-refractivity contribution < 1.29 is 14.7 Å². The first-order valence-corrected chi connectivity index (χ1v) is 5.16. The van der Waals surface area contributed by atoms with E-state index in [1.807, 2.05) is 13.8 Å². The predicted molar refractivity (Wildman–Crippen MR) is 62.6 cm³/mol. The van der Waals surface area contributed by atoms with Crippen LogP contribution in [-0.2, 0) is 4.79 Å². The maximum atomic E-state index is 11.6. The Hall–Kier alpha value is -1.95. The average molecular weight is 237 g/mol. The molecule has 0 saturated carbocycles. The second-order valence-electron chi connectivity index (χ2n) is 4.03. The van der Waals surface area contributed by atoms with Crippen LogP contribution in [0.5, 0.6) is 0 Å². The number of nitrogens with zero attached hydrogens (tertiary/aromatic N) is 1. The summed E-state index contributed by atoms with van der Waals surface area (Å²) < 4.78 is 0. The second kappa shape index (κ2) is 5.40. The Balaban J connectivity index is 2.78. The standard InChI is InChI=1S/C11H15N3O3/c1-6(2)9(12)10(15)14-8-3-7(11(16)17)4-13-5-8/h3-6,9H,12H2,1-2H3,(H,14,15)(H,16,17). The quantitative estimate of drug-likeness (QED) is 0.714. The van der Waals surface area contributed by atoms with Crippen molar-refractivity contribution in [2.75, 3.05) is 5.32 Å². The van der Waals surface area contributed by atoms with Crippen molar-refractivity contribution in [3.63, 3.8) is 0 Å². The fourth-order valence-electron chi connectivity index (χ4n) is 1.15. The molecule has 6 nitrogen and oxygen atoms in total. The van der Waals surface area contributed by atoms with Gasteiger partial charge in [0.15, 0.2) is 0 Å². The van der Waals surface area contributed by atoms with Crippen molar-refractivity contribution in [3.8, 4) is 0 Å². The molecule has 0 saturated heterocycles. The van der Waals surface area contributed by atoms with Gasteiger partial charge in [-0.2, -0.15) is 0 Å². The van der Waals surface area contributed by atoms with Crippen LogP contribution in [0.25, 0.3) is 0 Å². The topological polar surface area (TPSA) is 105 Å². The lowest BCUT2D eigenvalue weighted by atomic mass is 10.1. The number of hydrogen-bond acceptors (Lipinski definition) is 4. The van der Waals surface area contributed by atoms with E-state index in [9.17, 15) is 9.59 Å². The molecule has 1 heterocycles. The van der Waals surface area contributed by atoms with Gasteiger partial charge in [0.05, 0.1) is 23.5 Å². The Bertz CT molecular complexity index is 432. The summed E-state index contributed by atoms with van der Waals surface area (Å²) in [5.74, 6) is -1.45. The van der Waals surface area contributed by atoms with Crippen LogP contribution in [0.2, 0.25) is 0 Å². The highest BCUT2D eigenvalue weighted by Gasteiger charge is 2.17. The highest BCUT2D eigenvalue weighted by Crippen LogP contribution is 2.10. The molecule has 0 aliphatic heterocycles. The first kappa shape index (κ1) is 13.1. The molecule has 1 aromatic rings. The summed E-state index contributed by atoms with van der Waals surface area (Å²) in [7, 11) is 0. The molecule has 1 aromatic heterocycles. The van der Waals surface area contributed by atoms with E-state index in [-0.39, 0.29) is 17.4 Å². The number of nitrogens with one attached hydrogen (secondary N) is 1. The van der Waals surface area contributed by atoms with Crippen molar-refractivity contribution in [1.82, 2.24) is 4.98 Å². The Kier molecular flexibility index (Phi) is 4.17. The third-order valence-corrected chi connectivity index (χ3v) is 2.27. The van der Waals surface area contributed by atoms with Crippen LogP contribution in [0.4, 0.5) is 5.69 Å². The molecule has 0 aliphatic carbocycles. The highest BCUT2D eigenvalue weighted by molar-refractivity contribution is 5.96. The Morgan fingerprint density at radius 2 is 2.06 bits per heavy atom. The number of aromatic nitrogens is 1. The van der Waals surface area contributed by atoms with Gasteiger partial charge in [0.25, 0.3) is 0 Å². The molecule has 1 unspecified atom stereocenters. The number of nitrogens with two attached hydrogens (primary N) is 1. The fourth-order valence-corrected chi connectivity index (χ4v) is 1.15. The smallest absolute Gasteiger partial charge is 0.337 e. The molecular weight excluding hydrogens is 222 g/mol. The van der Waals surface area contributed by atoms with Gasteiger partial charge in [-0.15, -0.1) is 0 Å². The number of carbonyl (C=O) groups is 2. The Labute approximate surface area is 98.8 Å². The average Bonchev–Trinajstić information content (AvgIpc) is 2.28. The summed E-state index contributed by atoms with van der Waals surface area (Å²) >= 11 is 0. The molecule has 1 atom stereocenters. The molecular formula is C11H15N3O3. The maximum Gasteiger partial charge on any atom is 0.337 e. The van der Waals surface area contributed by atoms with Gasteiger partial charge in [-0.25, -0.2) is 4.79 Å². The van der Waals surface area contributed by atoms with Gasteiger partial charge in [0, 0.05) is 6.20 Å². The van der Waals surface area contributed by atoms with E-state index in [1.165, 1.54) is 18.5 Å². The normalized spacial score (nSPS) is 12.2. The first-order chi connectivity index (χ1) is 7.91. The molecule has 0 radical (unpaired) electrons. The minimum Gasteiger partial charge on any atom is -0.478 e. The molecule has 4 N–H and O–H groups in total. The summed E-state index contributed by atoms with van der Waals surface area (Å²) in [6, 6.07) is 0.698. The van der Waals surface area contributed by atoms with E-state index in [1.54, 1.807) is 0 Å². The summed E-state index contributed by atoms with van der Waals surface area (Å²) in [5, 5.41) is 11.3. The van der Waals surface area contributed by atoms with Gasteiger partial charge < -0.3 is 16.2 Å². The fraction of sp³-hybridized carbons (Fsp3) is 0.364. The number of anilines is 1. The van der Waals surface area contributed by atoms with Crippen molar-refractivity contribution in [1.29, 1.82) is 0 Å². The third kappa shape index (κ3) is 3.53. The van der Waals surface area contributed by atoms with Crippen LogP contribution in [0.15, 0.2) is 18.5 Å². The SMILES string of the molecule is CC(C)C(N)C(=O)Nc1cncc(C(=O)O)c1. The monoisotopic (exact) mass is 237 g/mol. The first-order valence-electron chi connectivity index (χ1n) is 5.16. The van der Waals surface area contributed by atoms with E-state index in [0.717, 1.165) is 0 Å². The summed E-state index contributed by atoms with van der Waals surface area (Å²) in [5.41, 5.74) is 6.00. The molecule has 0 aromatic carbocycles. The van der Waals surface area contributed by atoms with Crippen molar-refractivity contribution >= 4 is 17.6 Å². The Morgan fingerprint density at radius 1 is 1.41 bits per heavy atom. The number of rotatable bonds is 4. The van der Waals surface area contributed by atoms with E-state index in [0.29, 0.717) is 5.69 Å². The van der Waals surface area contributed by atoms with Crippen molar-refractivity contribution in [2.24, 2.45) is 11.7 Å². The van der Waals surface area contributed by atoms with Gasteiger partial charge in [-0.3, -0.25) is 9.78 Å². The predicted octanol–water partition coefficient (Wildman–Crippen LogP) is 0.702. The van der Waals surface area contributed by atoms with E-state index >= 15 is 0 Å². The minimum absolute atomic E-state index is 0.00520. The number of hydrogen-bond donors (Lipinski definition) is 3. The van der Waals surface area contributed by atoms with Crippen LogP contribution in [0, 0.1) is 5.92 Å². The molecule has 0 spiro atoms. The summed E-state index contributed by atoms with van der Waals surface area (Å²) in [6.07, 6.45) is 2.58. The number of carboxylic acid groups (broad SMARTS) is 1. The Morgan fingerprint density at radius 3 is 2.59 bits per heavy atom. The van der Waals surface area contributed by atoms with Gasteiger partial charge in [-0.1, -0.05) is 13.8 Å². The minimum atomic E-state index is -1.10. The lowest BCUT2D eigenvalue weighted by Crippen LogP contribution is -2.39. The molecule has 1 amide bonds. The van der Waals surface area contributed by atoms with Crippen LogP contribution in [-0.4, -0.2) is 28.0 Å². The summed E-state index contributed by atoms with van der Waals surface area (Å²) in [4.78, 5) is 26.1. The number of carbonyl (C=O) groups excluding carboxylic acids is 1. The summed E-state index contributed by atoms with van der Waals surface area (Å²) in [6.45, 7) is 3.66. The zero-order valence-corrected chi connectivity index (χ0v) is 9.68. The van der Waals surface area contributed by atoms with Crippen molar-refractivity contribution in [3.05, 3.63) is 24.0 Å². The molecule has 6 heteroatoms. The molecule has 17 heavy (non-hydrogen) atoms. The molecule has 0 aliphatic rings. The molecule has 0 fully saturated rings. The van der Waals surface area contributed by atoms with E-state index < -0.39 is 12.0 Å². The number of amides is 1. The van der Waals surface area contributed by atoms with E-state index in [4.69, 9.17) is 10.8 Å². The zero-order valence-electron chi connectivity index (χ0n) is 9.68. The number of pyridine rings is 1. The molecule has 1 rings (SSSR count). The van der Waals surface area contributed by atoms with Gasteiger partial charge >= 0.3 is 5.97 Å². The molecule has 92 valence electrons. The largest absolute Gasteiger partial charge is 0.478 e. The second-order valence-corrected chi connectivity index (χ2v) is 4.03. The van der Waals surface area contributed by atoms with Crippen LogP contribution < -0.4 is 11.1 Å². The highest BCUT2D eigenvalue weighted by atomic mass is 16.4.